The van der Waals surface area contributed by atoms with Crippen LogP contribution >= 0.6 is 0 Å². The van der Waals surface area contributed by atoms with Gasteiger partial charge in [-0.05, 0) is 39.2 Å². The number of rotatable bonds is 4. The third-order valence-electron chi connectivity index (χ3n) is 3.87. The highest BCUT2D eigenvalue weighted by Gasteiger charge is 2.45. The van der Waals surface area contributed by atoms with Crippen LogP contribution in [0.1, 0.15) is 39.0 Å². The molecule has 1 saturated heterocycles. The van der Waals surface area contributed by atoms with Gasteiger partial charge in [0.25, 0.3) is 0 Å². The van der Waals surface area contributed by atoms with Gasteiger partial charge in [-0.3, -0.25) is 9.69 Å². The molecule has 1 saturated carbocycles. The van der Waals surface area contributed by atoms with Crippen LogP contribution in [0.25, 0.3) is 0 Å². The first kappa shape index (κ1) is 11.9. The Morgan fingerprint density at radius 3 is 2.88 bits per heavy atom. The largest absolute Gasteiger partial charge is 0.353 e. The van der Waals surface area contributed by atoms with Crippen molar-refractivity contribution >= 4 is 5.91 Å². The number of hydrogen-bond donors (Lipinski definition) is 2. The van der Waals surface area contributed by atoms with Crippen LogP contribution in [0.2, 0.25) is 0 Å². The molecule has 16 heavy (non-hydrogen) atoms. The molecule has 4 heteroatoms. The van der Waals surface area contributed by atoms with Crippen molar-refractivity contribution in [2.75, 3.05) is 19.6 Å². The Kier molecular flexibility index (Phi) is 3.50. The fourth-order valence-corrected chi connectivity index (χ4v) is 2.34. The number of piperidine rings is 1. The highest BCUT2D eigenvalue weighted by atomic mass is 16.2. The number of carbonyl (C=O) groups excluding carboxylic acids is 1. The van der Waals surface area contributed by atoms with Crippen LogP contribution in [0.4, 0.5) is 0 Å². The number of nitrogens with zero attached hydrogens (tertiary/aromatic N) is 1. The third kappa shape index (κ3) is 2.74. The molecule has 2 rings (SSSR count). The lowest BCUT2D eigenvalue weighted by atomic mass is 10.0. The van der Waals surface area contributed by atoms with E-state index < -0.39 is 5.54 Å². The summed E-state index contributed by atoms with van der Waals surface area (Å²) in [6.45, 7) is 5.14. The maximum absolute atomic E-state index is 11.6. The Labute approximate surface area is 97.6 Å². The highest BCUT2D eigenvalue weighted by Crippen LogP contribution is 2.31. The van der Waals surface area contributed by atoms with Crippen LogP contribution in [0, 0.1) is 0 Å². The molecular formula is C12H23N3O. The SMILES string of the molecule is CC1CCCCN1CCNC(=O)C1(N)CC1. The molecule has 0 radical (unpaired) electrons. The van der Waals surface area contributed by atoms with E-state index in [0.29, 0.717) is 6.04 Å². The van der Waals surface area contributed by atoms with Crippen molar-refractivity contribution < 1.29 is 4.79 Å². The van der Waals surface area contributed by atoms with Gasteiger partial charge in [0.1, 0.15) is 0 Å². The van der Waals surface area contributed by atoms with Crippen molar-refractivity contribution in [2.45, 2.75) is 50.6 Å². The summed E-state index contributed by atoms with van der Waals surface area (Å²) in [7, 11) is 0. The number of nitrogens with one attached hydrogen (secondary N) is 1. The minimum absolute atomic E-state index is 0.0390. The lowest BCUT2D eigenvalue weighted by molar-refractivity contribution is -0.123. The summed E-state index contributed by atoms with van der Waals surface area (Å²) in [6, 6.07) is 0.665. The van der Waals surface area contributed by atoms with Gasteiger partial charge in [-0.15, -0.1) is 0 Å². The van der Waals surface area contributed by atoms with E-state index in [-0.39, 0.29) is 5.91 Å². The second-order valence-electron chi connectivity index (χ2n) is 5.29. The molecule has 1 aliphatic carbocycles. The molecule has 92 valence electrons. The van der Waals surface area contributed by atoms with Crippen LogP contribution in [-0.2, 0) is 4.79 Å². The van der Waals surface area contributed by atoms with Gasteiger partial charge in [-0.25, -0.2) is 0 Å². The van der Waals surface area contributed by atoms with Crippen molar-refractivity contribution in [2.24, 2.45) is 5.73 Å². The van der Waals surface area contributed by atoms with Gasteiger partial charge in [0, 0.05) is 19.1 Å². The van der Waals surface area contributed by atoms with Crippen LogP contribution in [-0.4, -0.2) is 42.0 Å². The van der Waals surface area contributed by atoms with Gasteiger partial charge >= 0.3 is 0 Å². The zero-order chi connectivity index (χ0) is 11.6. The molecule has 1 aliphatic heterocycles. The van der Waals surface area contributed by atoms with E-state index in [4.69, 9.17) is 5.73 Å². The van der Waals surface area contributed by atoms with Gasteiger partial charge in [0.15, 0.2) is 0 Å². The van der Waals surface area contributed by atoms with E-state index in [0.717, 1.165) is 25.9 Å². The fraction of sp³-hybridized carbons (Fsp3) is 0.917. The zero-order valence-electron chi connectivity index (χ0n) is 10.2. The molecule has 1 amide bonds. The highest BCUT2D eigenvalue weighted by molar-refractivity contribution is 5.88. The average Bonchev–Trinajstić information content (AvgIpc) is 3.01. The zero-order valence-corrected chi connectivity index (χ0v) is 10.2. The molecule has 0 bridgehead atoms. The molecule has 1 atom stereocenters. The number of nitrogens with two attached hydrogens (primary N) is 1. The fourth-order valence-electron chi connectivity index (χ4n) is 2.34. The molecule has 2 fully saturated rings. The third-order valence-corrected chi connectivity index (χ3v) is 3.87. The molecule has 4 nitrogen and oxygen atoms in total. The Balaban J connectivity index is 1.65. The summed E-state index contributed by atoms with van der Waals surface area (Å²) in [5.74, 6) is 0.0390. The first-order valence-corrected chi connectivity index (χ1v) is 6.43. The smallest absolute Gasteiger partial charge is 0.240 e. The molecule has 1 heterocycles. The van der Waals surface area contributed by atoms with Crippen LogP contribution in [0.3, 0.4) is 0 Å². The van der Waals surface area contributed by atoms with Gasteiger partial charge in [0.2, 0.25) is 5.91 Å². The minimum atomic E-state index is -0.520. The molecule has 2 aliphatic rings. The number of hydrogen-bond acceptors (Lipinski definition) is 3. The van der Waals surface area contributed by atoms with Gasteiger partial charge in [0.05, 0.1) is 5.54 Å². The molecule has 0 aromatic carbocycles. The summed E-state index contributed by atoms with van der Waals surface area (Å²) in [6.07, 6.45) is 5.61. The van der Waals surface area contributed by atoms with E-state index >= 15 is 0 Å². The van der Waals surface area contributed by atoms with Gasteiger partial charge < -0.3 is 11.1 Å². The van der Waals surface area contributed by atoms with Crippen LogP contribution in [0.5, 0.6) is 0 Å². The van der Waals surface area contributed by atoms with E-state index in [1.54, 1.807) is 0 Å². The standard InChI is InChI=1S/C12H23N3O/c1-10-4-2-3-8-15(10)9-7-14-11(16)12(13)5-6-12/h10H,2-9,13H2,1H3,(H,14,16). The first-order chi connectivity index (χ1) is 7.62. The molecule has 0 aromatic rings. The topological polar surface area (TPSA) is 58.4 Å². The number of likely N-dealkylation sites (tertiary alicyclic amines) is 1. The van der Waals surface area contributed by atoms with E-state index in [1.165, 1.54) is 25.8 Å². The Hall–Kier alpha value is -0.610. The Bertz CT molecular complexity index is 263. The number of amides is 1. The average molecular weight is 225 g/mol. The summed E-state index contributed by atoms with van der Waals surface area (Å²) in [4.78, 5) is 14.1. The van der Waals surface area contributed by atoms with Crippen molar-refractivity contribution in [1.29, 1.82) is 0 Å². The van der Waals surface area contributed by atoms with Gasteiger partial charge in [-0.1, -0.05) is 6.42 Å². The summed E-state index contributed by atoms with van der Waals surface area (Å²) in [5.41, 5.74) is 5.29. The molecule has 3 N–H and O–H groups in total. The summed E-state index contributed by atoms with van der Waals surface area (Å²) < 4.78 is 0. The molecular weight excluding hydrogens is 202 g/mol. The van der Waals surface area contributed by atoms with Crippen LogP contribution in [0.15, 0.2) is 0 Å². The van der Waals surface area contributed by atoms with Crippen molar-refractivity contribution in [3.63, 3.8) is 0 Å². The number of carbonyl (C=O) groups is 1. The Morgan fingerprint density at radius 1 is 1.50 bits per heavy atom. The van der Waals surface area contributed by atoms with Crippen LogP contribution < -0.4 is 11.1 Å². The van der Waals surface area contributed by atoms with Crippen molar-refractivity contribution in [1.82, 2.24) is 10.2 Å². The molecule has 0 aromatic heterocycles. The normalized spacial score (nSPS) is 28.8. The molecule has 0 spiro atoms. The summed E-state index contributed by atoms with van der Waals surface area (Å²) in [5, 5.41) is 2.95. The summed E-state index contributed by atoms with van der Waals surface area (Å²) >= 11 is 0. The maximum Gasteiger partial charge on any atom is 0.240 e. The van der Waals surface area contributed by atoms with E-state index in [1.807, 2.05) is 0 Å². The lowest BCUT2D eigenvalue weighted by Crippen LogP contribution is -2.47. The predicted octanol–water partition coefficient (Wildman–Crippen LogP) is 0.468. The second kappa shape index (κ2) is 4.72. The first-order valence-electron chi connectivity index (χ1n) is 6.43. The van der Waals surface area contributed by atoms with Crippen molar-refractivity contribution in [3.8, 4) is 0 Å². The van der Waals surface area contributed by atoms with E-state index in [9.17, 15) is 4.79 Å². The second-order valence-corrected chi connectivity index (χ2v) is 5.29. The van der Waals surface area contributed by atoms with Crippen molar-refractivity contribution in [3.05, 3.63) is 0 Å². The minimum Gasteiger partial charge on any atom is -0.353 e. The maximum atomic E-state index is 11.6. The monoisotopic (exact) mass is 225 g/mol. The Morgan fingerprint density at radius 2 is 2.25 bits per heavy atom. The lowest BCUT2D eigenvalue weighted by Gasteiger charge is -2.33. The molecule has 1 unspecified atom stereocenters. The van der Waals surface area contributed by atoms with Gasteiger partial charge in [-0.2, -0.15) is 0 Å². The quantitative estimate of drug-likeness (QED) is 0.731. The van der Waals surface area contributed by atoms with E-state index in [2.05, 4.69) is 17.1 Å². The predicted molar refractivity (Wildman–Crippen MR) is 64.0 cm³/mol.